The minimum Gasteiger partial charge on any atom is -0.295 e. The molecule has 1 saturated heterocycles. The molecule has 3 aliphatic carbocycles. The summed E-state index contributed by atoms with van der Waals surface area (Å²) < 4.78 is 0. The lowest BCUT2D eigenvalue weighted by Gasteiger charge is -2.57. The van der Waals surface area contributed by atoms with Crippen molar-refractivity contribution < 1.29 is 14.4 Å². The Kier molecular flexibility index (Phi) is 3.62. The molecule has 4 heteroatoms. The lowest BCUT2D eigenvalue weighted by Crippen LogP contribution is -2.59. The van der Waals surface area contributed by atoms with Gasteiger partial charge in [-0.05, 0) is 41.3 Å². The predicted molar refractivity (Wildman–Crippen MR) is 122 cm³/mol. The standard InChI is InChI=1S/C28H23NO3/c1-16(30)17-9-8-10-18(15-17)29-25(31)23-24(26(29)32)28(3)21-13-6-4-11-19(21)27(23,2)20-12-5-7-14-22(20)28/h4-15,23-24H,1-3H3/t23-,24-,27?,28?/m0/s1. The van der Waals surface area contributed by atoms with Crippen molar-refractivity contribution in [1.82, 2.24) is 0 Å². The molecule has 0 radical (unpaired) electrons. The normalized spacial score (nSPS) is 29.5. The molecule has 32 heavy (non-hydrogen) atoms. The van der Waals surface area contributed by atoms with E-state index in [-0.39, 0.29) is 17.6 Å². The third kappa shape index (κ3) is 2.01. The number of rotatable bonds is 2. The van der Waals surface area contributed by atoms with Crippen LogP contribution in [0.25, 0.3) is 0 Å². The van der Waals surface area contributed by atoms with E-state index in [0.29, 0.717) is 11.3 Å². The van der Waals surface area contributed by atoms with Crippen LogP contribution < -0.4 is 4.90 Å². The highest BCUT2D eigenvalue weighted by atomic mass is 16.2. The lowest BCUT2D eigenvalue weighted by molar-refractivity contribution is -0.124. The Labute approximate surface area is 186 Å². The molecular formula is C28H23NO3. The van der Waals surface area contributed by atoms with E-state index in [1.807, 2.05) is 24.3 Å². The summed E-state index contributed by atoms with van der Waals surface area (Å²) in [5.74, 6) is -1.45. The first-order valence-corrected chi connectivity index (χ1v) is 11.0. The van der Waals surface area contributed by atoms with Crippen LogP contribution in [-0.2, 0) is 20.4 Å². The van der Waals surface area contributed by atoms with Crippen LogP contribution in [0.1, 0.15) is 53.4 Å². The first-order valence-electron chi connectivity index (χ1n) is 11.0. The Morgan fingerprint density at radius 1 is 0.719 bits per heavy atom. The molecule has 0 saturated carbocycles. The van der Waals surface area contributed by atoms with Gasteiger partial charge in [-0.15, -0.1) is 0 Å². The number of anilines is 1. The van der Waals surface area contributed by atoms with Crippen molar-refractivity contribution >= 4 is 23.3 Å². The molecule has 1 aliphatic heterocycles. The zero-order valence-corrected chi connectivity index (χ0v) is 18.3. The third-order valence-electron chi connectivity index (χ3n) is 8.15. The molecule has 3 aromatic rings. The molecule has 0 N–H and O–H groups in total. The van der Waals surface area contributed by atoms with Crippen LogP contribution in [0.5, 0.6) is 0 Å². The maximum Gasteiger partial charge on any atom is 0.238 e. The zero-order valence-electron chi connectivity index (χ0n) is 18.3. The monoisotopic (exact) mass is 421 g/mol. The summed E-state index contributed by atoms with van der Waals surface area (Å²) in [6, 6.07) is 23.3. The second-order valence-corrected chi connectivity index (χ2v) is 9.57. The molecule has 7 rings (SSSR count). The topological polar surface area (TPSA) is 54.5 Å². The number of carbonyl (C=O) groups excluding carboxylic acids is 3. The van der Waals surface area contributed by atoms with Gasteiger partial charge in [0.15, 0.2) is 5.78 Å². The highest BCUT2D eigenvalue weighted by molar-refractivity contribution is 6.24. The summed E-state index contributed by atoms with van der Waals surface area (Å²) in [5.41, 5.74) is 4.27. The van der Waals surface area contributed by atoms with E-state index < -0.39 is 22.7 Å². The molecule has 2 bridgehead atoms. The summed E-state index contributed by atoms with van der Waals surface area (Å²) in [4.78, 5) is 41.3. The van der Waals surface area contributed by atoms with Crippen molar-refractivity contribution in [3.63, 3.8) is 0 Å². The smallest absolute Gasteiger partial charge is 0.238 e. The fourth-order valence-corrected chi connectivity index (χ4v) is 6.69. The highest BCUT2D eigenvalue weighted by Gasteiger charge is 2.70. The zero-order chi connectivity index (χ0) is 22.4. The Morgan fingerprint density at radius 3 is 1.56 bits per heavy atom. The number of benzene rings is 3. The van der Waals surface area contributed by atoms with Crippen LogP contribution in [-0.4, -0.2) is 17.6 Å². The molecule has 1 heterocycles. The van der Waals surface area contributed by atoms with Gasteiger partial charge in [-0.25, -0.2) is 4.90 Å². The number of nitrogens with zero attached hydrogens (tertiary/aromatic N) is 1. The van der Waals surface area contributed by atoms with Crippen molar-refractivity contribution in [2.24, 2.45) is 11.8 Å². The number of hydrogen-bond donors (Lipinski definition) is 0. The lowest BCUT2D eigenvalue weighted by atomic mass is 9.42. The van der Waals surface area contributed by atoms with Crippen LogP contribution in [0, 0.1) is 11.8 Å². The van der Waals surface area contributed by atoms with Gasteiger partial charge in [-0.2, -0.15) is 0 Å². The Hall–Kier alpha value is -3.53. The average molecular weight is 421 g/mol. The van der Waals surface area contributed by atoms with Crippen LogP contribution in [0.4, 0.5) is 5.69 Å². The molecule has 2 atom stereocenters. The fourth-order valence-electron chi connectivity index (χ4n) is 6.69. The van der Waals surface area contributed by atoms with E-state index in [2.05, 4.69) is 38.1 Å². The first kappa shape index (κ1) is 19.2. The molecule has 4 aliphatic rings. The first-order chi connectivity index (χ1) is 15.3. The Balaban J connectivity index is 1.63. The van der Waals surface area contributed by atoms with Crippen molar-refractivity contribution in [2.75, 3.05) is 4.90 Å². The Morgan fingerprint density at radius 2 is 1.16 bits per heavy atom. The van der Waals surface area contributed by atoms with Crippen molar-refractivity contribution in [1.29, 1.82) is 0 Å². The van der Waals surface area contributed by atoms with Gasteiger partial charge in [0.25, 0.3) is 0 Å². The summed E-state index contributed by atoms with van der Waals surface area (Å²) >= 11 is 0. The van der Waals surface area contributed by atoms with E-state index in [9.17, 15) is 14.4 Å². The van der Waals surface area contributed by atoms with E-state index in [4.69, 9.17) is 0 Å². The average Bonchev–Trinajstić information content (AvgIpc) is 3.08. The Bertz CT molecular complexity index is 1230. The quantitative estimate of drug-likeness (QED) is 0.448. The number of Topliss-reactive ketones (excluding diaryl/α,β-unsaturated/α-hetero) is 1. The maximum atomic E-state index is 14.0. The van der Waals surface area contributed by atoms with Gasteiger partial charge in [0, 0.05) is 16.4 Å². The van der Waals surface area contributed by atoms with Gasteiger partial charge in [-0.1, -0.05) is 74.5 Å². The van der Waals surface area contributed by atoms with E-state index in [0.717, 1.165) is 22.3 Å². The molecule has 0 spiro atoms. The van der Waals surface area contributed by atoms with Crippen molar-refractivity contribution in [2.45, 2.75) is 31.6 Å². The third-order valence-corrected chi connectivity index (χ3v) is 8.15. The van der Waals surface area contributed by atoms with Crippen LogP contribution in [0.15, 0.2) is 72.8 Å². The summed E-state index contributed by atoms with van der Waals surface area (Å²) in [6.45, 7) is 5.71. The minimum atomic E-state index is -0.602. The molecule has 1 fully saturated rings. The highest BCUT2D eigenvalue weighted by Crippen LogP contribution is 2.66. The van der Waals surface area contributed by atoms with Crippen molar-refractivity contribution in [3.05, 3.63) is 101 Å². The second-order valence-electron chi connectivity index (χ2n) is 9.57. The summed E-state index contributed by atoms with van der Waals surface area (Å²) in [6.07, 6.45) is 0. The van der Waals surface area contributed by atoms with Crippen LogP contribution in [0.2, 0.25) is 0 Å². The van der Waals surface area contributed by atoms with Gasteiger partial charge >= 0.3 is 0 Å². The van der Waals surface area contributed by atoms with Gasteiger partial charge < -0.3 is 0 Å². The largest absolute Gasteiger partial charge is 0.295 e. The number of hydrogen-bond acceptors (Lipinski definition) is 3. The predicted octanol–water partition coefficient (Wildman–Crippen LogP) is 4.63. The van der Waals surface area contributed by atoms with Gasteiger partial charge in [0.05, 0.1) is 17.5 Å². The van der Waals surface area contributed by atoms with E-state index in [1.165, 1.54) is 11.8 Å². The minimum absolute atomic E-state index is 0.0952. The number of ketones is 1. The molecule has 4 nitrogen and oxygen atoms in total. The van der Waals surface area contributed by atoms with Gasteiger partial charge in [0.2, 0.25) is 11.8 Å². The number of carbonyl (C=O) groups is 3. The number of amides is 2. The molecule has 0 unspecified atom stereocenters. The van der Waals surface area contributed by atoms with E-state index >= 15 is 0 Å². The van der Waals surface area contributed by atoms with Gasteiger partial charge in [0.1, 0.15) is 0 Å². The fraction of sp³-hybridized carbons (Fsp3) is 0.250. The molecule has 0 aromatic heterocycles. The molecule has 2 amide bonds. The van der Waals surface area contributed by atoms with Crippen molar-refractivity contribution in [3.8, 4) is 0 Å². The van der Waals surface area contributed by atoms with Crippen LogP contribution in [0.3, 0.4) is 0 Å². The summed E-state index contributed by atoms with van der Waals surface area (Å²) in [5, 5.41) is 0. The van der Waals surface area contributed by atoms with Gasteiger partial charge in [-0.3, -0.25) is 14.4 Å². The van der Waals surface area contributed by atoms with Crippen LogP contribution >= 0.6 is 0 Å². The SMILES string of the molecule is CC(=O)c1cccc(N2C(=O)[C@@H]3[C@@H](C2=O)C2(C)c4ccccc4C3(C)c3ccccc32)c1. The van der Waals surface area contributed by atoms with E-state index in [1.54, 1.807) is 24.3 Å². The molecular weight excluding hydrogens is 398 g/mol. The molecule has 158 valence electrons. The second kappa shape index (κ2) is 6.04. The maximum absolute atomic E-state index is 14.0. The summed E-state index contributed by atoms with van der Waals surface area (Å²) in [7, 11) is 0. The molecule has 3 aromatic carbocycles. The number of imide groups is 1.